The van der Waals surface area contributed by atoms with Crippen molar-refractivity contribution in [1.82, 2.24) is 15.2 Å². The largest absolute Gasteiger partial charge is 0.480 e. The fourth-order valence-electron chi connectivity index (χ4n) is 4.03. The van der Waals surface area contributed by atoms with E-state index in [0.29, 0.717) is 18.0 Å². The number of nitrogens with one attached hydrogen (secondary N) is 1. The third-order valence-corrected chi connectivity index (χ3v) is 5.86. The molecule has 2 aliphatic rings. The molecule has 1 aliphatic heterocycles. The SMILES string of the molecule is COc1ncccc1C(=O)NCc1ccc2c(c1)CCN(C1CCC1)CC2. The van der Waals surface area contributed by atoms with E-state index in [1.807, 2.05) is 0 Å². The van der Waals surface area contributed by atoms with Gasteiger partial charge < -0.3 is 10.1 Å². The van der Waals surface area contributed by atoms with Crippen LogP contribution in [0.3, 0.4) is 0 Å². The fourth-order valence-corrected chi connectivity index (χ4v) is 4.03. The Morgan fingerprint density at radius 1 is 1.22 bits per heavy atom. The molecule has 5 heteroatoms. The van der Waals surface area contributed by atoms with Crippen LogP contribution in [0.25, 0.3) is 0 Å². The minimum atomic E-state index is -0.161. The zero-order valence-electron chi connectivity index (χ0n) is 15.9. The summed E-state index contributed by atoms with van der Waals surface area (Å²) >= 11 is 0. The molecule has 2 heterocycles. The van der Waals surface area contributed by atoms with E-state index in [-0.39, 0.29) is 5.91 Å². The molecule has 1 fully saturated rings. The van der Waals surface area contributed by atoms with E-state index in [1.165, 1.54) is 44.0 Å². The van der Waals surface area contributed by atoms with Crippen LogP contribution in [0.4, 0.5) is 0 Å². The molecule has 2 aromatic rings. The van der Waals surface area contributed by atoms with E-state index in [4.69, 9.17) is 4.74 Å². The van der Waals surface area contributed by atoms with Crippen LogP contribution in [0, 0.1) is 0 Å². The third kappa shape index (κ3) is 3.98. The van der Waals surface area contributed by atoms with E-state index >= 15 is 0 Å². The highest BCUT2D eigenvalue weighted by molar-refractivity contribution is 5.96. The average molecular weight is 365 g/mol. The monoisotopic (exact) mass is 365 g/mol. The molecule has 0 unspecified atom stereocenters. The predicted octanol–water partition coefficient (Wildman–Crippen LogP) is 2.97. The lowest BCUT2D eigenvalue weighted by Gasteiger charge is -2.36. The van der Waals surface area contributed by atoms with Gasteiger partial charge in [-0.25, -0.2) is 4.98 Å². The van der Waals surface area contributed by atoms with Crippen molar-refractivity contribution in [2.45, 2.75) is 44.7 Å². The quantitative estimate of drug-likeness (QED) is 0.885. The first-order valence-electron chi connectivity index (χ1n) is 9.86. The van der Waals surface area contributed by atoms with Crippen molar-refractivity contribution >= 4 is 5.91 Å². The van der Waals surface area contributed by atoms with Crippen molar-refractivity contribution in [2.75, 3.05) is 20.2 Å². The molecule has 142 valence electrons. The molecule has 1 N–H and O–H groups in total. The second-order valence-corrected chi connectivity index (χ2v) is 7.47. The van der Waals surface area contributed by atoms with Gasteiger partial charge in [-0.15, -0.1) is 0 Å². The number of rotatable bonds is 5. The number of hydrogen-bond acceptors (Lipinski definition) is 4. The number of ether oxygens (including phenoxy) is 1. The van der Waals surface area contributed by atoms with Crippen LogP contribution in [0.1, 0.15) is 46.3 Å². The van der Waals surface area contributed by atoms with Crippen molar-refractivity contribution < 1.29 is 9.53 Å². The lowest BCUT2D eigenvalue weighted by Crippen LogP contribution is -2.41. The van der Waals surface area contributed by atoms with Gasteiger partial charge in [0.2, 0.25) is 5.88 Å². The number of carbonyl (C=O) groups is 1. The number of hydrogen-bond donors (Lipinski definition) is 1. The highest BCUT2D eigenvalue weighted by Gasteiger charge is 2.26. The first kappa shape index (κ1) is 18.0. The zero-order valence-corrected chi connectivity index (χ0v) is 15.9. The van der Waals surface area contributed by atoms with Gasteiger partial charge in [0.1, 0.15) is 5.56 Å². The molecule has 1 aliphatic carbocycles. The molecule has 5 nitrogen and oxygen atoms in total. The van der Waals surface area contributed by atoms with Gasteiger partial charge in [0, 0.05) is 31.9 Å². The molecule has 0 atom stereocenters. The molecule has 1 aromatic carbocycles. The average Bonchev–Trinajstić information content (AvgIpc) is 2.87. The number of nitrogens with zero attached hydrogens (tertiary/aromatic N) is 2. The van der Waals surface area contributed by atoms with Crippen LogP contribution in [0.5, 0.6) is 5.88 Å². The summed E-state index contributed by atoms with van der Waals surface area (Å²) in [7, 11) is 1.53. The molecule has 0 spiro atoms. The van der Waals surface area contributed by atoms with Gasteiger partial charge in [0.15, 0.2) is 0 Å². The number of fused-ring (bicyclic) bond motifs is 1. The summed E-state index contributed by atoms with van der Waals surface area (Å²) in [6.07, 6.45) is 7.97. The summed E-state index contributed by atoms with van der Waals surface area (Å²) in [6, 6.07) is 10.9. The van der Waals surface area contributed by atoms with Crippen molar-refractivity contribution in [3.05, 3.63) is 58.8 Å². The van der Waals surface area contributed by atoms with Crippen LogP contribution < -0.4 is 10.1 Å². The minimum absolute atomic E-state index is 0.161. The Hall–Kier alpha value is -2.40. The molecule has 0 bridgehead atoms. The van der Waals surface area contributed by atoms with Crippen LogP contribution in [-0.4, -0.2) is 42.0 Å². The van der Waals surface area contributed by atoms with Crippen LogP contribution in [-0.2, 0) is 19.4 Å². The van der Waals surface area contributed by atoms with Crippen molar-refractivity contribution in [1.29, 1.82) is 0 Å². The Morgan fingerprint density at radius 3 is 2.78 bits per heavy atom. The predicted molar refractivity (Wildman–Crippen MR) is 105 cm³/mol. The maximum Gasteiger partial charge on any atom is 0.257 e. The molecule has 1 aromatic heterocycles. The van der Waals surface area contributed by atoms with E-state index < -0.39 is 0 Å². The topological polar surface area (TPSA) is 54.5 Å². The second-order valence-electron chi connectivity index (χ2n) is 7.47. The summed E-state index contributed by atoms with van der Waals surface area (Å²) in [4.78, 5) is 19.2. The van der Waals surface area contributed by atoms with Gasteiger partial charge in [0.05, 0.1) is 7.11 Å². The lowest BCUT2D eigenvalue weighted by atomic mass is 9.91. The summed E-state index contributed by atoms with van der Waals surface area (Å²) in [6.45, 7) is 2.84. The first-order chi connectivity index (χ1) is 13.2. The van der Waals surface area contributed by atoms with Gasteiger partial charge in [-0.3, -0.25) is 9.69 Å². The van der Waals surface area contributed by atoms with Crippen LogP contribution in [0.2, 0.25) is 0 Å². The summed E-state index contributed by atoms with van der Waals surface area (Å²) in [5.41, 5.74) is 4.50. The highest BCUT2D eigenvalue weighted by Crippen LogP contribution is 2.27. The molecule has 0 saturated heterocycles. The van der Waals surface area contributed by atoms with E-state index in [1.54, 1.807) is 18.3 Å². The van der Waals surface area contributed by atoms with Crippen molar-refractivity contribution in [2.24, 2.45) is 0 Å². The van der Waals surface area contributed by atoms with Crippen molar-refractivity contribution in [3.63, 3.8) is 0 Å². The first-order valence-corrected chi connectivity index (χ1v) is 9.86. The molecule has 27 heavy (non-hydrogen) atoms. The van der Waals surface area contributed by atoms with Crippen molar-refractivity contribution in [3.8, 4) is 5.88 Å². The van der Waals surface area contributed by atoms with Gasteiger partial charge in [0.25, 0.3) is 5.91 Å². The molecular formula is C22H27N3O2. The van der Waals surface area contributed by atoms with Gasteiger partial charge in [-0.05, 0) is 54.5 Å². The molecule has 4 rings (SSSR count). The van der Waals surface area contributed by atoms with E-state index in [9.17, 15) is 4.79 Å². The maximum atomic E-state index is 12.5. The van der Waals surface area contributed by atoms with Gasteiger partial charge in [-0.1, -0.05) is 24.6 Å². The Kier molecular flexibility index (Phi) is 5.39. The fraction of sp³-hybridized carbons (Fsp3) is 0.455. The third-order valence-electron chi connectivity index (χ3n) is 5.86. The number of aromatic nitrogens is 1. The van der Waals surface area contributed by atoms with E-state index in [0.717, 1.165) is 31.0 Å². The summed E-state index contributed by atoms with van der Waals surface area (Å²) in [5.74, 6) is 0.194. The van der Waals surface area contributed by atoms with Gasteiger partial charge in [-0.2, -0.15) is 0 Å². The smallest absolute Gasteiger partial charge is 0.257 e. The molecular weight excluding hydrogens is 338 g/mol. The van der Waals surface area contributed by atoms with Gasteiger partial charge >= 0.3 is 0 Å². The summed E-state index contributed by atoms with van der Waals surface area (Å²) in [5, 5.41) is 2.99. The molecule has 1 amide bonds. The van der Waals surface area contributed by atoms with Crippen LogP contribution in [0.15, 0.2) is 36.5 Å². The standard InChI is InChI=1S/C22H27N3O2/c1-27-22-20(6-3-11-23-22)21(26)24-15-16-7-8-17-9-12-25(19-4-2-5-19)13-10-18(17)14-16/h3,6-8,11,14,19H,2,4-5,9-10,12-13,15H2,1H3,(H,24,26). The Balaban J connectivity index is 1.39. The second kappa shape index (κ2) is 8.09. The van der Waals surface area contributed by atoms with Crippen LogP contribution >= 0.6 is 0 Å². The molecule has 0 radical (unpaired) electrons. The highest BCUT2D eigenvalue weighted by atomic mass is 16.5. The zero-order chi connectivity index (χ0) is 18.6. The molecule has 1 saturated carbocycles. The number of carbonyl (C=O) groups excluding carboxylic acids is 1. The number of methoxy groups -OCH3 is 1. The lowest BCUT2D eigenvalue weighted by molar-refractivity contribution is 0.0947. The normalized spacial score (nSPS) is 17.5. The Bertz CT molecular complexity index is 817. The van der Waals surface area contributed by atoms with E-state index in [2.05, 4.69) is 33.4 Å². The number of pyridine rings is 1. The Labute approximate surface area is 160 Å². The maximum absolute atomic E-state index is 12.5. The summed E-state index contributed by atoms with van der Waals surface area (Å²) < 4.78 is 5.17. The Morgan fingerprint density at radius 2 is 2.04 bits per heavy atom. The minimum Gasteiger partial charge on any atom is -0.480 e. The number of amides is 1. The number of benzene rings is 1.